The van der Waals surface area contributed by atoms with Crippen LogP contribution in [-0.4, -0.2) is 52.5 Å². The fraction of sp³-hybridized carbons (Fsp3) is 0.500. The van der Waals surface area contributed by atoms with Crippen molar-refractivity contribution in [2.24, 2.45) is 0 Å². The summed E-state index contributed by atoms with van der Waals surface area (Å²) in [6.07, 6.45) is 6.30. The second kappa shape index (κ2) is 11.3. The molecule has 2 aliphatic rings. The maximum Gasteiger partial charge on any atom is 0.239 e. The van der Waals surface area contributed by atoms with Gasteiger partial charge in [0.15, 0.2) is 5.11 Å². The predicted molar refractivity (Wildman–Crippen MR) is 143 cm³/mol. The van der Waals surface area contributed by atoms with E-state index in [9.17, 15) is 4.79 Å². The van der Waals surface area contributed by atoms with E-state index in [1.165, 1.54) is 43.2 Å². The quantitative estimate of drug-likeness (QED) is 0.596. The first-order valence-electron chi connectivity index (χ1n) is 12.6. The number of rotatable bonds is 6. The molecular formula is C28H38N4OS. The monoisotopic (exact) mass is 478 g/mol. The SMILES string of the molecule is Cc1ccc(CN2CCN(C(=S)NCC(=O)N[C@@H](C)c3ccccc3)CC23CCCCC3)cc1. The van der Waals surface area contributed by atoms with Gasteiger partial charge in [-0.05, 0) is 50.0 Å². The Bertz CT molecular complexity index is 956. The van der Waals surface area contributed by atoms with E-state index in [-0.39, 0.29) is 24.0 Å². The Morgan fingerprint density at radius 3 is 2.44 bits per heavy atom. The fourth-order valence-corrected chi connectivity index (χ4v) is 5.64. The van der Waals surface area contributed by atoms with Crippen LogP contribution in [0.1, 0.15) is 61.8 Å². The molecule has 1 saturated heterocycles. The fourth-order valence-electron chi connectivity index (χ4n) is 5.42. The Labute approximate surface area is 209 Å². The third-order valence-corrected chi connectivity index (χ3v) is 7.84. The van der Waals surface area contributed by atoms with Gasteiger partial charge in [0.05, 0.1) is 12.6 Å². The molecule has 2 aromatic carbocycles. The van der Waals surface area contributed by atoms with Crippen molar-refractivity contribution in [3.8, 4) is 0 Å². The molecule has 0 aromatic heterocycles. The lowest BCUT2D eigenvalue weighted by Gasteiger charge is -2.53. The molecule has 182 valence electrons. The average molecular weight is 479 g/mol. The molecule has 4 rings (SSSR count). The molecule has 34 heavy (non-hydrogen) atoms. The molecule has 2 N–H and O–H groups in total. The predicted octanol–water partition coefficient (Wildman–Crippen LogP) is 4.57. The summed E-state index contributed by atoms with van der Waals surface area (Å²) in [5, 5.41) is 6.99. The number of benzene rings is 2. The van der Waals surface area contributed by atoms with Gasteiger partial charge >= 0.3 is 0 Å². The van der Waals surface area contributed by atoms with Crippen molar-refractivity contribution in [1.82, 2.24) is 20.4 Å². The number of amides is 1. The van der Waals surface area contributed by atoms with Crippen LogP contribution in [0, 0.1) is 6.92 Å². The molecule has 1 aliphatic carbocycles. The lowest BCUT2D eigenvalue weighted by molar-refractivity contribution is -0.120. The summed E-state index contributed by atoms with van der Waals surface area (Å²) in [6, 6.07) is 18.9. The minimum Gasteiger partial charge on any atom is -0.353 e. The van der Waals surface area contributed by atoms with E-state index in [4.69, 9.17) is 12.2 Å². The van der Waals surface area contributed by atoms with Crippen molar-refractivity contribution in [2.45, 2.75) is 64.1 Å². The lowest BCUT2D eigenvalue weighted by atomic mass is 9.78. The minimum atomic E-state index is -0.0379. The van der Waals surface area contributed by atoms with Gasteiger partial charge in [0.25, 0.3) is 0 Å². The Morgan fingerprint density at radius 1 is 1.03 bits per heavy atom. The minimum absolute atomic E-state index is 0.0279. The molecule has 2 aromatic rings. The van der Waals surface area contributed by atoms with Gasteiger partial charge in [-0.1, -0.05) is 79.4 Å². The van der Waals surface area contributed by atoms with Crippen LogP contribution >= 0.6 is 12.2 Å². The highest BCUT2D eigenvalue weighted by Crippen LogP contribution is 2.37. The summed E-state index contributed by atoms with van der Waals surface area (Å²) in [6.45, 7) is 8.16. The van der Waals surface area contributed by atoms with Crippen LogP contribution in [0.2, 0.25) is 0 Å². The Kier molecular flexibility index (Phi) is 8.22. The molecule has 0 bridgehead atoms. The second-order valence-electron chi connectivity index (χ2n) is 9.97. The number of nitrogens with zero attached hydrogens (tertiary/aromatic N) is 2. The summed E-state index contributed by atoms with van der Waals surface area (Å²) in [7, 11) is 0. The Morgan fingerprint density at radius 2 is 1.74 bits per heavy atom. The summed E-state index contributed by atoms with van der Waals surface area (Å²) >= 11 is 5.75. The van der Waals surface area contributed by atoms with E-state index in [2.05, 4.69) is 51.6 Å². The Hall–Kier alpha value is -2.44. The molecule has 1 aliphatic heterocycles. The molecular weight excluding hydrogens is 440 g/mol. The molecule has 1 atom stereocenters. The lowest BCUT2D eigenvalue weighted by Crippen LogP contribution is -2.64. The topological polar surface area (TPSA) is 47.6 Å². The third-order valence-electron chi connectivity index (χ3n) is 7.44. The Balaban J connectivity index is 1.33. The summed E-state index contributed by atoms with van der Waals surface area (Å²) in [5.74, 6) is -0.0379. The number of piperazine rings is 1. The van der Waals surface area contributed by atoms with Crippen molar-refractivity contribution in [1.29, 1.82) is 0 Å². The number of carbonyl (C=O) groups excluding carboxylic acids is 1. The normalized spacial score (nSPS) is 18.9. The summed E-state index contributed by atoms with van der Waals surface area (Å²) in [4.78, 5) is 17.5. The number of aryl methyl sites for hydroxylation is 1. The van der Waals surface area contributed by atoms with Gasteiger partial charge < -0.3 is 15.5 Å². The van der Waals surface area contributed by atoms with Crippen LogP contribution in [0.4, 0.5) is 0 Å². The zero-order valence-electron chi connectivity index (χ0n) is 20.6. The van der Waals surface area contributed by atoms with E-state index in [0.717, 1.165) is 31.7 Å². The average Bonchev–Trinajstić information content (AvgIpc) is 2.86. The zero-order valence-corrected chi connectivity index (χ0v) is 21.4. The second-order valence-corrected chi connectivity index (χ2v) is 10.4. The number of hydrogen-bond acceptors (Lipinski definition) is 3. The molecule has 1 spiro atoms. The van der Waals surface area contributed by atoms with Gasteiger partial charge in [-0.25, -0.2) is 0 Å². The molecule has 1 saturated carbocycles. The van der Waals surface area contributed by atoms with Crippen molar-refractivity contribution < 1.29 is 4.79 Å². The van der Waals surface area contributed by atoms with Crippen LogP contribution in [0.15, 0.2) is 54.6 Å². The third kappa shape index (κ3) is 6.16. The van der Waals surface area contributed by atoms with E-state index >= 15 is 0 Å². The highest BCUT2D eigenvalue weighted by Gasteiger charge is 2.42. The maximum atomic E-state index is 12.5. The van der Waals surface area contributed by atoms with Crippen LogP contribution in [-0.2, 0) is 11.3 Å². The maximum absolute atomic E-state index is 12.5. The largest absolute Gasteiger partial charge is 0.353 e. The van der Waals surface area contributed by atoms with Crippen molar-refractivity contribution in [3.05, 3.63) is 71.3 Å². The number of thiocarbonyl (C=S) groups is 1. The first-order valence-corrected chi connectivity index (χ1v) is 13.0. The van der Waals surface area contributed by atoms with Crippen LogP contribution < -0.4 is 10.6 Å². The standard InChI is InChI=1S/C28H38N4OS/c1-22-11-13-24(14-12-22)20-32-18-17-31(21-28(32)15-7-4-8-16-28)27(34)29-19-26(33)30-23(2)25-9-5-3-6-10-25/h3,5-6,9-14,23H,4,7-8,15-21H2,1-2H3,(H,29,34)(H,30,33)/t23-/m0/s1. The van der Waals surface area contributed by atoms with Crippen molar-refractivity contribution in [2.75, 3.05) is 26.2 Å². The summed E-state index contributed by atoms with van der Waals surface area (Å²) in [5.41, 5.74) is 3.95. The number of nitrogens with one attached hydrogen (secondary N) is 2. The van der Waals surface area contributed by atoms with Gasteiger partial charge in [0.2, 0.25) is 5.91 Å². The van der Waals surface area contributed by atoms with Gasteiger partial charge in [0.1, 0.15) is 0 Å². The van der Waals surface area contributed by atoms with Gasteiger partial charge in [-0.2, -0.15) is 0 Å². The van der Waals surface area contributed by atoms with Crippen molar-refractivity contribution in [3.63, 3.8) is 0 Å². The molecule has 5 nitrogen and oxygen atoms in total. The van der Waals surface area contributed by atoms with E-state index in [0.29, 0.717) is 5.11 Å². The molecule has 0 radical (unpaired) electrons. The van der Waals surface area contributed by atoms with Gasteiger partial charge in [-0.15, -0.1) is 0 Å². The molecule has 6 heteroatoms. The van der Waals surface area contributed by atoms with E-state index in [1.807, 2.05) is 37.3 Å². The zero-order chi connectivity index (χ0) is 24.0. The van der Waals surface area contributed by atoms with E-state index < -0.39 is 0 Å². The smallest absolute Gasteiger partial charge is 0.239 e. The number of carbonyl (C=O) groups is 1. The first kappa shape index (κ1) is 24.7. The highest BCUT2D eigenvalue weighted by molar-refractivity contribution is 7.80. The molecule has 1 heterocycles. The highest BCUT2D eigenvalue weighted by atomic mass is 32.1. The molecule has 0 unspecified atom stereocenters. The summed E-state index contributed by atoms with van der Waals surface area (Å²) < 4.78 is 0. The van der Waals surface area contributed by atoms with Crippen LogP contribution in [0.3, 0.4) is 0 Å². The van der Waals surface area contributed by atoms with Crippen LogP contribution in [0.25, 0.3) is 0 Å². The van der Waals surface area contributed by atoms with Gasteiger partial charge in [-0.3, -0.25) is 9.69 Å². The van der Waals surface area contributed by atoms with Crippen LogP contribution in [0.5, 0.6) is 0 Å². The first-order chi connectivity index (χ1) is 16.4. The van der Waals surface area contributed by atoms with Crippen molar-refractivity contribution >= 4 is 23.2 Å². The molecule has 1 amide bonds. The van der Waals surface area contributed by atoms with Gasteiger partial charge in [0, 0.05) is 31.7 Å². The van der Waals surface area contributed by atoms with E-state index in [1.54, 1.807) is 0 Å². The number of hydrogen-bond donors (Lipinski definition) is 2. The molecule has 2 fully saturated rings.